The van der Waals surface area contributed by atoms with E-state index in [4.69, 9.17) is 0 Å². The zero-order chi connectivity index (χ0) is 19.5. The van der Waals surface area contributed by atoms with Crippen molar-refractivity contribution >= 4 is 23.1 Å². The van der Waals surface area contributed by atoms with Crippen LogP contribution in [-0.4, -0.2) is 25.8 Å². The van der Waals surface area contributed by atoms with Gasteiger partial charge in [-0.3, -0.25) is 4.79 Å². The summed E-state index contributed by atoms with van der Waals surface area (Å²) in [6, 6.07) is 13.8. The number of carbonyl (C=O) groups is 1. The lowest BCUT2D eigenvalue weighted by Gasteiger charge is -2.19. The molecular formula is C22H29N3O. The Morgan fingerprint density at radius 3 is 2.15 bits per heavy atom. The predicted molar refractivity (Wildman–Crippen MR) is 111 cm³/mol. The summed E-state index contributed by atoms with van der Waals surface area (Å²) in [6.45, 7) is 10.3. The van der Waals surface area contributed by atoms with Crippen LogP contribution in [0, 0.1) is 6.92 Å². The molecule has 138 valence electrons. The fourth-order valence-electron chi connectivity index (χ4n) is 2.61. The minimum absolute atomic E-state index is 0.0721. The lowest BCUT2D eigenvalue weighted by Crippen LogP contribution is -2.28. The third kappa shape index (κ3) is 4.94. The Kier molecular flexibility index (Phi) is 5.86. The van der Waals surface area contributed by atoms with Crippen LogP contribution in [0.4, 0.5) is 11.4 Å². The Bertz CT molecular complexity index is 812. The van der Waals surface area contributed by atoms with E-state index in [9.17, 15) is 4.79 Å². The fraction of sp³-hybridized carbons (Fsp3) is 0.364. The molecule has 0 atom stereocenters. The Balaban J connectivity index is 2.12. The molecule has 0 aromatic heterocycles. The maximum Gasteiger partial charge on any atom is 0.256 e. The van der Waals surface area contributed by atoms with Crippen molar-refractivity contribution in [3.8, 4) is 0 Å². The minimum atomic E-state index is -0.144. The molecule has 0 bridgehead atoms. The number of rotatable bonds is 3. The lowest BCUT2D eigenvalue weighted by molar-refractivity contribution is 0.0977. The van der Waals surface area contributed by atoms with Crippen LogP contribution in [0.15, 0.2) is 47.5 Å². The largest absolute Gasteiger partial charge is 0.378 e. The summed E-state index contributed by atoms with van der Waals surface area (Å²) in [5, 5.41) is 2.87. The second-order valence-electron chi connectivity index (χ2n) is 7.84. The van der Waals surface area contributed by atoms with Crippen molar-refractivity contribution in [1.29, 1.82) is 0 Å². The maximum absolute atomic E-state index is 12.4. The van der Waals surface area contributed by atoms with Crippen molar-refractivity contribution in [1.82, 2.24) is 5.32 Å². The first kappa shape index (κ1) is 19.7. The number of anilines is 1. The van der Waals surface area contributed by atoms with E-state index in [0.29, 0.717) is 11.4 Å². The average molecular weight is 351 g/mol. The number of aryl methyl sites for hydroxylation is 1. The van der Waals surface area contributed by atoms with Crippen molar-refractivity contribution < 1.29 is 4.79 Å². The number of amides is 1. The molecule has 0 aliphatic heterocycles. The highest BCUT2D eigenvalue weighted by Gasteiger charge is 2.14. The Morgan fingerprint density at radius 1 is 1.04 bits per heavy atom. The molecule has 26 heavy (non-hydrogen) atoms. The second-order valence-corrected chi connectivity index (χ2v) is 7.84. The fourth-order valence-corrected chi connectivity index (χ4v) is 2.61. The van der Waals surface area contributed by atoms with E-state index < -0.39 is 0 Å². The van der Waals surface area contributed by atoms with Gasteiger partial charge in [0, 0.05) is 25.3 Å². The summed E-state index contributed by atoms with van der Waals surface area (Å²) in [5.41, 5.74) is 4.96. The standard InChI is InChI=1S/C22H29N3O/c1-15-14-19(25(6)7)12-13-20(15)23-16(2)24-21(26)17-8-10-18(11-9-17)22(3,4)5/h8-14H,1-7H3,(H,23,24,26). The van der Waals surface area contributed by atoms with Gasteiger partial charge < -0.3 is 10.2 Å². The molecule has 4 heteroatoms. The van der Waals surface area contributed by atoms with E-state index in [1.54, 1.807) is 6.92 Å². The van der Waals surface area contributed by atoms with E-state index in [2.05, 4.69) is 42.0 Å². The molecule has 4 nitrogen and oxygen atoms in total. The van der Waals surface area contributed by atoms with E-state index >= 15 is 0 Å². The van der Waals surface area contributed by atoms with Crippen LogP contribution in [0.3, 0.4) is 0 Å². The van der Waals surface area contributed by atoms with Crippen LogP contribution in [-0.2, 0) is 5.41 Å². The molecule has 0 fully saturated rings. The zero-order valence-corrected chi connectivity index (χ0v) is 16.8. The number of amidine groups is 1. The molecule has 0 spiro atoms. The van der Waals surface area contributed by atoms with Gasteiger partial charge in [0.15, 0.2) is 0 Å². The summed E-state index contributed by atoms with van der Waals surface area (Å²) < 4.78 is 0. The Labute approximate surface area is 157 Å². The minimum Gasteiger partial charge on any atom is -0.378 e. The first-order chi connectivity index (χ1) is 12.1. The number of nitrogens with one attached hydrogen (secondary N) is 1. The molecule has 0 heterocycles. The molecule has 0 saturated carbocycles. The van der Waals surface area contributed by atoms with Gasteiger partial charge in [-0.25, -0.2) is 4.99 Å². The van der Waals surface area contributed by atoms with Gasteiger partial charge in [0.05, 0.1) is 5.69 Å². The molecular weight excluding hydrogens is 322 g/mol. The Morgan fingerprint density at radius 2 is 1.65 bits per heavy atom. The van der Waals surface area contributed by atoms with Gasteiger partial charge >= 0.3 is 0 Å². The molecule has 1 N–H and O–H groups in total. The quantitative estimate of drug-likeness (QED) is 0.635. The number of hydrogen-bond donors (Lipinski definition) is 1. The number of aliphatic imine (C=N–C) groups is 1. The first-order valence-electron chi connectivity index (χ1n) is 8.83. The maximum atomic E-state index is 12.4. The highest BCUT2D eigenvalue weighted by molar-refractivity contribution is 6.06. The number of carbonyl (C=O) groups excluding carboxylic acids is 1. The van der Waals surface area contributed by atoms with Gasteiger partial charge in [-0.05, 0) is 60.7 Å². The third-order valence-electron chi connectivity index (χ3n) is 4.29. The zero-order valence-electron chi connectivity index (χ0n) is 16.8. The van der Waals surface area contributed by atoms with Crippen LogP contribution < -0.4 is 10.2 Å². The first-order valence-corrected chi connectivity index (χ1v) is 8.83. The second kappa shape index (κ2) is 7.73. The molecule has 1 amide bonds. The van der Waals surface area contributed by atoms with Gasteiger partial charge in [-0.1, -0.05) is 32.9 Å². The number of nitrogens with zero attached hydrogens (tertiary/aromatic N) is 2. The Hall–Kier alpha value is -2.62. The van der Waals surface area contributed by atoms with Gasteiger partial charge in [-0.2, -0.15) is 0 Å². The summed E-state index contributed by atoms with van der Waals surface area (Å²) >= 11 is 0. The van der Waals surface area contributed by atoms with Crippen molar-refractivity contribution in [2.24, 2.45) is 4.99 Å². The molecule has 0 aliphatic carbocycles. The highest BCUT2D eigenvalue weighted by atomic mass is 16.1. The SMILES string of the molecule is CC(=Nc1ccc(N(C)C)cc1C)NC(=O)c1ccc(C(C)(C)C)cc1. The van der Waals surface area contributed by atoms with Crippen LogP contribution in [0.5, 0.6) is 0 Å². The van der Waals surface area contributed by atoms with Crippen LogP contribution >= 0.6 is 0 Å². The van der Waals surface area contributed by atoms with E-state index in [-0.39, 0.29) is 11.3 Å². The summed E-state index contributed by atoms with van der Waals surface area (Å²) in [7, 11) is 4.02. The average Bonchev–Trinajstić information content (AvgIpc) is 2.55. The topological polar surface area (TPSA) is 44.7 Å². The van der Waals surface area contributed by atoms with E-state index in [1.807, 2.05) is 57.4 Å². The smallest absolute Gasteiger partial charge is 0.256 e. The molecule has 0 saturated heterocycles. The molecule has 2 aromatic carbocycles. The lowest BCUT2D eigenvalue weighted by atomic mass is 9.87. The van der Waals surface area contributed by atoms with Crippen LogP contribution in [0.1, 0.15) is 49.2 Å². The van der Waals surface area contributed by atoms with Crippen molar-refractivity contribution in [3.05, 3.63) is 59.2 Å². The summed E-state index contributed by atoms with van der Waals surface area (Å²) in [6.07, 6.45) is 0. The van der Waals surface area contributed by atoms with Gasteiger partial charge in [0.1, 0.15) is 5.84 Å². The van der Waals surface area contributed by atoms with Crippen LogP contribution in [0.25, 0.3) is 0 Å². The van der Waals surface area contributed by atoms with Gasteiger partial charge in [0.2, 0.25) is 0 Å². The van der Waals surface area contributed by atoms with Crippen molar-refractivity contribution in [2.45, 2.75) is 40.0 Å². The summed E-state index contributed by atoms with van der Waals surface area (Å²) in [4.78, 5) is 19.0. The summed E-state index contributed by atoms with van der Waals surface area (Å²) in [5.74, 6) is 0.435. The highest BCUT2D eigenvalue weighted by Crippen LogP contribution is 2.24. The third-order valence-corrected chi connectivity index (χ3v) is 4.29. The van der Waals surface area contributed by atoms with E-state index in [0.717, 1.165) is 16.9 Å². The van der Waals surface area contributed by atoms with Gasteiger partial charge in [0.25, 0.3) is 5.91 Å². The predicted octanol–water partition coefficient (Wildman–Crippen LogP) is 4.84. The molecule has 0 radical (unpaired) electrons. The molecule has 2 rings (SSSR count). The molecule has 0 aliphatic rings. The molecule has 0 unspecified atom stereocenters. The monoisotopic (exact) mass is 351 g/mol. The van der Waals surface area contributed by atoms with Crippen molar-refractivity contribution in [2.75, 3.05) is 19.0 Å². The van der Waals surface area contributed by atoms with Crippen molar-refractivity contribution in [3.63, 3.8) is 0 Å². The van der Waals surface area contributed by atoms with Crippen LogP contribution in [0.2, 0.25) is 0 Å². The number of benzene rings is 2. The number of hydrogen-bond acceptors (Lipinski definition) is 3. The van der Waals surface area contributed by atoms with E-state index in [1.165, 1.54) is 5.56 Å². The van der Waals surface area contributed by atoms with Gasteiger partial charge in [-0.15, -0.1) is 0 Å². The normalized spacial score (nSPS) is 12.0. The molecule has 2 aromatic rings.